The maximum Gasteiger partial charge on any atom is 0.242 e. The highest BCUT2D eigenvalue weighted by atomic mass is 35.5. The lowest BCUT2D eigenvalue weighted by Gasteiger charge is -2.36. The number of thioether (sulfide) groups is 1. The average Bonchev–Trinajstić information content (AvgIpc) is 3.21. The average molecular weight is 499 g/mol. The molecular formula is C24H27ClN6O2S. The van der Waals surface area contributed by atoms with Gasteiger partial charge in [-0.3, -0.25) is 9.59 Å². The van der Waals surface area contributed by atoms with E-state index in [9.17, 15) is 9.59 Å². The summed E-state index contributed by atoms with van der Waals surface area (Å²) in [4.78, 5) is 28.9. The zero-order chi connectivity index (χ0) is 23.9. The molecule has 1 saturated heterocycles. The molecule has 34 heavy (non-hydrogen) atoms. The van der Waals surface area contributed by atoms with E-state index in [1.165, 1.54) is 11.8 Å². The molecule has 1 fully saturated rings. The first-order valence-corrected chi connectivity index (χ1v) is 12.5. The van der Waals surface area contributed by atoms with Gasteiger partial charge in [-0.2, -0.15) is 0 Å². The van der Waals surface area contributed by atoms with Gasteiger partial charge in [-0.1, -0.05) is 59.8 Å². The van der Waals surface area contributed by atoms with E-state index >= 15 is 0 Å². The Morgan fingerprint density at radius 1 is 1.03 bits per heavy atom. The Labute approximate surface area is 208 Å². The number of anilines is 1. The smallest absolute Gasteiger partial charge is 0.242 e. The number of nitrogens with zero attached hydrogens (tertiary/aromatic N) is 5. The summed E-state index contributed by atoms with van der Waals surface area (Å²) in [6.45, 7) is 5.20. The van der Waals surface area contributed by atoms with E-state index in [4.69, 9.17) is 11.6 Å². The van der Waals surface area contributed by atoms with Crippen LogP contribution in [0.2, 0.25) is 5.02 Å². The van der Waals surface area contributed by atoms with Gasteiger partial charge in [0, 0.05) is 36.9 Å². The molecule has 0 saturated carbocycles. The van der Waals surface area contributed by atoms with Gasteiger partial charge in [0.05, 0.1) is 18.8 Å². The van der Waals surface area contributed by atoms with Gasteiger partial charge in [0.2, 0.25) is 11.8 Å². The molecule has 3 aromatic rings. The van der Waals surface area contributed by atoms with Crippen LogP contribution < -0.4 is 10.2 Å². The summed E-state index contributed by atoms with van der Waals surface area (Å²) >= 11 is 7.40. The van der Waals surface area contributed by atoms with Crippen LogP contribution >= 0.6 is 23.4 Å². The monoisotopic (exact) mass is 498 g/mol. The second-order valence-electron chi connectivity index (χ2n) is 8.01. The van der Waals surface area contributed by atoms with E-state index in [-0.39, 0.29) is 24.1 Å². The van der Waals surface area contributed by atoms with Gasteiger partial charge in [-0.15, -0.1) is 10.2 Å². The number of rotatable bonds is 8. The van der Waals surface area contributed by atoms with Crippen molar-refractivity contribution in [2.24, 2.45) is 0 Å². The van der Waals surface area contributed by atoms with Gasteiger partial charge < -0.3 is 19.7 Å². The Morgan fingerprint density at radius 2 is 1.79 bits per heavy atom. The van der Waals surface area contributed by atoms with Crippen molar-refractivity contribution in [3.8, 4) is 0 Å². The van der Waals surface area contributed by atoms with Gasteiger partial charge >= 0.3 is 0 Å². The Morgan fingerprint density at radius 3 is 2.53 bits per heavy atom. The largest absolute Gasteiger partial charge is 0.368 e. The van der Waals surface area contributed by atoms with Crippen molar-refractivity contribution < 1.29 is 9.59 Å². The number of carbonyl (C=O) groups is 2. The first-order valence-electron chi connectivity index (χ1n) is 11.1. The van der Waals surface area contributed by atoms with Gasteiger partial charge in [-0.25, -0.2) is 0 Å². The summed E-state index contributed by atoms with van der Waals surface area (Å²) in [5.74, 6) is 0.678. The van der Waals surface area contributed by atoms with Crippen molar-refractivity contribution >= 4 is 40.9 Å². The summed E-state index contributed by atoms with van der Waals surface area (Å²) < 4.78 is 1.98. The Hall–Kier alpha value is -3.04. The molecule has 2 amide bonds. The molecule has 1 aliphatic heterocycles. The summed E-state index contributed by atoms with van der Waals surface area (Å²) in [6, 6.07) is 17.8. The fourth-order valence-corrected chi connectivity index (χ4v) is 4.77. The summed E-state index contributed by atoms with van der Waals surface area (Å²) in [5.41, 5.74) is 2.19. The van der Waals surface area contributed by atoms with Crippen LogP contribution in [0.3, 0.4) is 0 Å². The minimum atomic E-state index is -0.206. The third-order valence-electron chi connectivity index (χ3n) is 5.66. The van der Waals surface area contributed by atoms with E-state index < -0.39 is 0 Å². The lowest BCUT2D eigenvalue weighted by atomic mass is 10.2. The molecule has 1 aliphatic rings. The second-order valence-corrected chi connectivity index (χ2v) is 9.39. The van der Waals surface area contributed by atoms with Gasteiger partial charge in [-0.05, 0) is 30.7 Å². The van der Waals surface area contributed by atoms with Crippen LogP contribution in [0, 0.1) is 6.92 Å². The number of amides is 2. The van der Waals surface area contributed by atoms with Gasteiger partial charge in [0.25, 0.3) is 0 Å². The van der Waals surface area contributed by atoms with Crippen molar-refractivity contribution in [2.45, 2.75) is 18.6 Å². The maximum atomic E-state index is 12.6. The van der Waals surface area contributed by atoms with Gasteiger partial charge in [0.1, 0.15) is 5.82 Å². The summed E-state index contributed by atoms with van der Waals surface area (Å²) in [5, 5.41) is 12.5. The third kappa shape index (κ3) is 6.30. The molecule has 1 aromatic heterocycles. The van der Waals surface area contributed by atoms with Crippen LogP contribution in [0.5, 0.6) is 0 Å². The van der Waals surface area contributed by atoms with E-state index in [0.717, 1.165) is 30.2 Å². The van der Waals surface area contributed by atoms with E-state index in [1.807, 2.05) is 66.1 Å². The minimum Gasteiger partial charge on any atom is -0.368 e. The number of hydrogen-bond acceptors (Lipinski definition) is 6. The predicted octanol–water partition coefficient (Wildman–Crippen LogP) is 2.85. The molecule has 0 spiro atoms. The lowest BCUT2D eigenvalue weighted by molar-refractivity contribution is -0.132. The molecule has 178 valence electrons. The number of aromatic nitrogens is 3. The van der Waals surface area contributed by atoms with Crippen LogP contribution in [-0.4, -0.2) is 70.0 Å². The molecule has 8 nitrogen and oxygen atoms in total. The highest BCUT2D eigenvalue weighted by Crippen LogP contribution is 2.21. The number of halogens is 1. The molecule has 2 heterocycles. The summed E-state index contributed by atoms with van der Waals surface area (Å²) in [6.07, 6.45) is 0. The third-order valence-corrected chi connectivity index (χ3v) is 6.86. The van der Waals surface area contributed by atoms with Crippen molar-refractivity contribution in [2.75, 3.05) is 43.4 Å². The van der Waals surface area contributed by atoms with Crippen molar-refractivity contribution in [1.82, 2.24) is 25.0 Å². The molecule has 0 atom stereocenters. The highest BCUT2D eigenvalue weighted by Gasteiger charge is 2.22. The quantitative estimate of drug-likeness (QED) is 0.481. The fourth-order valence-electron chi connectivity index (χ4n) is 3.77. The molecule has 0 unspecified atom stereocenters. The first-order chi connectivity index (χ1) is 16.5. The Bertz CT molecular complexity index is 1130. The molecular weight excluding hydrogens is 472 g/mol. The molecule has 0 bridgehead atoms. The lowest BCUT2D eigenvalue weighted by Crippen LogP contribution is -2.51. The van der Waals surface area contributed by atoms with Crippen molar-refractivity contribution in [3.05, 3.63) is 71.0 Å². The second kappa shape index (κ2) is 11.4. The minimum absolute atomic E-state index is 0.00765. The van der Waals surface area contributed by atoms with Gasteiger partial charge in [0.15, 0.2) is 5.16 Å². The molecule has 0 radical (unpaired) electrons. The van der Waals surface area contributed by atoms with E-state index in [2.05, 4.69) is 20.4 Å². The fraction of sp³-hybridized carbons (Fsp3) is 0.333. The van der Waals surface area contributed by atoms with Crippen LogP contribution in [-0.2, 0) is 16.1 Å². The maximum absolute atomic E-state index is 12.6. The molecule has 10 heteroatoms. The van der Waals surface area contributed by atoms with Crippen LogP contribution in [0.25, 0.3) is 0 Å². The topological polar surface area (TPSA) is 83.4 Å². The molecule has 4 rings (SSSR count). The number of benzene rings is 2. The number of carbonyl (C=O) groups excluding carboxylic acids is 2. The van der Waals surface area contributed by atoms with Crippen LogP contribution in [0.1, 0.15) is 11.4 Å². The van der Waals surface area contributed by atoms with E-state index in [1.54, 1.807) is 4.90 Å². The highest BCUT2D eigenvalue weighted by molar-refractivity contribution is 7.99. The predicted molar refractivity (Wildman–Crippen MR) is 134 cm³/mol. The normalized spacial score (nSPS) is 13.7. The molecule has 1 N–H and O–H groups in total. The number of hydrogen-bond donors (Lipinski definition) is 1. The van der Waals surface area contributed by atoms with Crippen molar-refractivity contribution in [1.29, 1.82) is 0 Å². The van der Waals surface area contributed by atoms with Crippen LogP contribution in [0.4, 0.5) is 5.69 Å². The Kier molecular flexibility index (Phi) is 8.08. The van der Waals surface area contributed by atoms with Crippen LogP contribution in [0.15, 0.2) is 59.8 Å². The Balaban J connectivity index is 1.21. The van der Waals surface area contributed by atoms with Crippen molar-refractivity contribution in [3.63, 3.8) is 0 Å². The SMILES string of the molecule is Cc1nnc(SCC(=O)NCC(=O)N2CCN(c3cccc(Cl)c3)CC2)n1Cc1ccccc1. The number of aryl methyl sites for hydroxylation is 1. The zero-order valence-electron chi connectivity index (χ0n) is 19.0. The molecule has 2 aromatic carbocycles. The van der Waals surface area contributed by atoms with E-state index in [0.29, 0.717) is 29.8 Å². The first kappa shape index (κ1) is 24.1. The standard InChI is InChI=1S/C24H27ClN6O2S/c1-18-27-28-24(31(18)16-19-6-3-2-4-7-19)34-17-22(32)26-15-23(33)30-12-10-29(11-13-30)21-9-5-8-20(25)14-21/h2-9,14H,10-13,15-17H2,1H3,(H,26,32). The molecule has 0 aliphatic carbocycles. The zero-order valence-corrected chi connectivity index (χ0v) is 20.6. The number of nitrogens with one attached hydrogen (secondary N) is 1. The number of piperazine rings is 1. The summed E-state index contributed by atoms with van der Waals surface area (Å²) in [7, 11) is 0.